The largest absolute Gasteiger partial charge is 0.437 e. The van der Waals surface area contributed by atoms with Crippen molar-refractivity contribution in [3.8, 4) is 0 Å². The highest BCUT2D eigenvalue weighted by Gasteiger charge is 2.58. The van der Waals surface area contributed by atoms with Crippen LogP contribution in [0.3, 0.4) is 0 Å². The Labute approximate surface area is 175 Å². The van der Waals surface area contributed by atoms with Crippen molar-refractivity contribution in [3.63, 3.8) is 0 Å². The highest BCUT2D eigenvalue weighted by Crippen LogP contribution is 2.37. The molecule has 1 atom stereocenters. The number of benzene rings is 1. The molecule has 0 N–H and O–H groups in total. The molecule has 1 aromatic carbocycles. The molecular formula is C20H19F3N4O4. The third-order valence-corrected chi connectivity index (χ3v) is 5.06. The van der Waals surface area contributed by atoms with Crippen molar-refractivity contribution in [1.29, 1.82) is 0 Å². The molecule has 3 heterocycles. The van der Waals surface area contributed by atoms with Gasteiger partial charge >= 0.3 is 12.0 Å². The van der Waals surface area contributed by atoms with Gasteiger partial charge in [0.1, 0.15) is 17.1 Å². The predicted octanol–water partition coefficient (Wildman–Crippen LogP) is 1.79. The fraction of sp³-hybridized carbons (Fsp3) is 0.400. The van der Waals surface area contributed by atoms with Crippen molar-refractivity contribution >= 4 is 17.5 Å². The second-order valence-electron chi connectivity index (χ2n) is 7.49. The molecule has 1 unspecified atom stereocenters. The molecule has 2 aromatic rings. The zero-order valence-electron chi connectivity index (χ0n) is 16.6. The van der Waals surface area contributed by atoms with Gasteiger partial charge in [0.2, 0.25) is 0 Å². The van der Waals surface area contributed by atoms with E-state index in [-0.39, 0.29) is 44.2 Å². The molecule has 0 bridgehead atoms. The lowest BCUT2D eigenvalue weighted by Gasteiger charge is -2.45. The number of aromatic nitrogens is 2. The van der Waals surface area contributed by atoms with E-state index in [9.17, 15) is 22.8 Å². The predicted molar refractivity (Wildman–Crippen MR) is 101 cm³/mol. The minimum absolute atomic E-state index is 0.0525. The Balaban J connectivity index is 1.64. The smallest absolute Gasteiger partial charge is 0.376 e. The van der Waals surface area contributed by atoms with Gasteiger partial charge in [-0.05, 0) is 31.2 Å². The van der Waals surface area contributed by atoms with Gasteiger partial charge in [-0.2, -0.15) is 8.78 Å². The molecule has 2 amide bonds. The van der Waals surface area contributed by atoms with Crippen molar-refractivity contribution in [2.75, 3.05) is 37.7 Å². The third kappa shape index (κ3) is 4.23. The highest BCUT2D eigenvalue weighted by atomic mass is 19.3. The SMILES string of the molecule is Cc1cnc(C(=O)N2CCOCC3(C2)CN(c2ccc(F)cc2)C(=O)C(F)(F)O3)cn1. The zero-order chi connectivity index (χ0) is 22.2. The quantitative estimate of drug-likeness (QED) is 0.714. The van der Waals surface area contributed by atoms with Gasteiger partial charge in [-0.1, -0.05) is 0 Å². The monoisotopic (exact) mass is 436 g/mol. The number of carbonyl (C=O) groups is 2. The zero-order valence-corrected chi connectivity index (χ0v) is 16.6. The first-order valence-corrected chi connectivity index (χ1v) is 9.50. The number of anilines is 1. The summed E-state index contributed by atoms with van der Waals surface area (Å²) in [6.45, 7) is 1.09. The first-order chi connectivity index (χ1) is 14.7. The molecule has 31 heavy (non-hydrogen) atoms. The lowest BCUT2D eigenvalue weighted by Crippen LogP contribution is -2.66. The van der Waals surface area contributed by atoms with Crippen molar-refractivity contribution in [1.82, 2.24) is 14.9 Å². The third-order valence-electron chi connectivity index (χ3n) is 5.06. The van der Waals surface area contributed by atoms with E-state index in [2.05, 4.69) is 9.97 Å². The van der Waals surface area contributed by atoms with E-state index < -0.39 is 29.3 Å². The summed E-state index contributed by atoms with van der Waals surface area (Å²) in [6.07, 6.45) is -1.42. The Hall–Kier alpha value is -3.05. The average molecular weight is 436 g/mol. The van der Waals surface area contributed by atoms with E-state index in [0.29, 0.717) is 5.69 Å². The molecule has 2 aliphatic rings. The lowest BCUT2D eigenvalue weighted by molar-refractivity contribution is -0.293. The van der Waals surface area contributed by atoms with E-state index in [0.717, 1.165) is 17.0 Å². The molecule has 164 valence electrons. The van der Waals surface area contributed by atoms with Gasteiger partial charge in [0.05, 0.1) is 38.2 Å². The van der Waals surface area contributed by atoms with Gasteiger partial charge in [0.25, 0.3) is 5.91 Å². The number of carbonyl (C=O) groups excluding carboxylic acids is 2. The summed E-state index contributed by atoms with van der Waals surface area (Å²) in [5.74, 6) is -2.66. The van der Waals surface area contributed by atoms with Gasteiger partial charge in [-0.3, -0.25) is 19.3 Å². The number of nitrogens with zero attached hydrogens (tertiary/aromatic N) is 4. The summed E-state index contributed by atoms with van der Waals surface area (Å²) < 4.78 is 52.9. The van der Waals surface area contributed by atoms with Crippen molar-refractivity contribution < 1.29 is 32.2 Å². The van der Waals surface area contributed by atoms with Crippen molar-refractivity contribution in [3.05, 3.63) is 53.9 Å². The summed E-state index contributed by atoms with van der Waals surface area (Å²) in [7, 11) is 0. The first-order valence-electron chi connectivity index (χ1n) is 9.50. The number of alkyl halides is 2. The molecule has 8 nitrogen and oxygen atoms in total. The van der Waals surface area contributed by atoms with Gasteiger partial charge in [0, 0.05) is 18.4 Å². The van der Waals surface area contributed by atoms with Crippen molar-refractivity contribution in [2.45, 2.75) is 18.6 Å². The van der Waals surface area contributed by atoms with Crippen LogP contribution in [0.5, 0.6) is 0 Å². The van der Waals surface area contributed by atoms with Crippen LogP contribution in [-0.2, 0) is 14.3 Å². The second kappa shape index (κ2) is 7.89. The van der Waals surface area contributed by atoms with Crippen LogP contribution in [0.2, 0.25) is 0 Å². The van der Waals surface area contributed by atoms with Gasteiger partial charge in [-0.25, -0.2) is 9.37 Å². The molecule has 2 aliphatic heterocycles. The molecule has 4 rings (SSSR count). The minimum atomic E-state index is -4.15. The Morgan fingerprint density at radius 1 is 1.13 bits per heavy atom. The fourth-order valence-electron chi connectivity index (χ4n) is 3.60. The summed E-state index contributed by atoms with van der Waals surface area (Å²) in [6, 6.07) is 4.59. The molecule has 0 saturated carbocycles. The van der Waals surface area contributed by atoms with E-state index in [1.165, 1.54) is 29.4 Å². The topological polar surface area (TPSA) is 84.9 Å². The summed E-state index contributed by atoms with van der Waals surface area (Å²) in [5.41, 5.74) is -0.941. The molecule has 11 heteroatoms. The summed E-state index contributed by atoms with van der Waals surface area (Å²) in [5, 5.41) is 0. The normalized spacial score (nSPS) is 23.7. The minimum Gasteiger partial charge on any atom is -0.376 e. The average Bonchev–Trinajstić information content (AvgIpc) is 2.94. The maximum atomic E-state index is 14.6. The van der Waals surface area contributed by atoms with Gasteiger partial charge in [-0.15, -0.1) is 0 Å². The molecule has 1 spiro atoms. The van der Waals surface area contributed by atoms with Crippen molar-refractivity contribution in [2.24, 2.45) is 0 Å². The Bertz CT molecular complexity index is 987. The number of ether oxygens (including phenoxy) is 2. The van der Waals surface area contributed by atoms with Crippen LogP contribution in [0.4, 0.5) is 18.9 Å². The first kappa shape index (κ1) is 21.2. The Morgan fingerprint density at radius 2 is 1.87 bits per heavy atom. The van der Waals surface area contributed by atoms with Gasteiger partial charge < -0.3 is 14.5 Å². The molecule has 2 saturated heterocycles. The second-order valence-corrected chi connectivity index (χ2v) is 7.49. The van der Waals surface area contributed by atoms with Crippen LogP contribution in [0.15, 0.2) is 36.7 Å². The van der Waals surface area contributed by atoms with Crippen LogP contribution < -0.4 is 4.90 Å². The van der Waals surface area contributed by atoms with E-state index in [1.54, 1.807) is 6.92 Å². The molecule has 2 fully saturated rings. The molecule has 1 aromatic heterocycles. The number of hydrogen-bond acceptors (Lipinski definition) is 6. The van der Waals surface area contributed by atoms with Crippen LogP contribution in [0.1, 0.15) is 16.2 Å². The number of aryl methyl sites for hydroxylation is 1. The van der Waals surface area contributed by atoms with Gasteiger partial charge in [0.15, 0.2) is 0 Å². The maximum Gasteiger partial charge on any atom is 0.437 e. The molecule has 0 radical (unpaired) electrons. The molecule has 0 aliphatic carbocycles. The van der Waals surface area contributed by atoms with Crippen LogP contribution in [-0.4, -0.2) is 71.2 Å². The number of rotatable bonds is 2. The number of hydrogen-bond donors (Lipinski definition) is 0. The fourth-order valence-corrected chi connectivity index (χ4v) is 3.60. The summed E-state index contributed by atoms with van der Waals surface area (Å²) >= 11 is 0. The van der Waals surface area contributed by atoms with E-state index >= 15 is 0 Å². The van der Waals surface area contributed by atoms with Crippen LogP contribution in [0, 0.1) is 12.7 Å². The number of amides is 2. The highest BCUT2D eigenvalue weighted by molar-refractivity contribution is 5.98. The lowest BCUT2D eigenvalue weighted by atomic mass is 10.00. The van der Waals surface area contributed by atoms with E-state index in [4.69, 9.17) is 9.47 Å². The Morgan fingerprint density at radius 3 is 2.55 bits per heavy atom. The standard InChI is InChI=1S/C20H19F3N4O4/c1-13-8-25-16(9-24-13)17(28)26-6-7-30-12-19(10-26)11-27(18(29)20(22,23)31-19)15-4-2-14(21)3-5-15/h2-5,8-9H,6-7,10-12H2,1H3. The molecular weight excluding hydrogens is 417 g/mol. The Kier molecular flexibility index (Phi) is 5.40. The maximum absolute atomic E-state index is 14.6. The van der Waals surface area contributed by atoms with Crippen LogP contribution >= 0.6 is 0 Å². The van der Waals surface area contributed by atoms with Crippen LogP contribution in [0.25, 0.3) is 0 Å². The summed E-state index contributed by atoms with van der Waals surface area (Å²) in [4.78, 5) is 35.4. The number of morpholine rings is 1. The van der Waals surface area contributed by atoms with E-state index in [1.807, 2.05) is 0 Å². The number of halogens is 3.